The number of nitrogens with one attached hydrogen (secondary N) is 1. The van der Waals surface area contributed by atoms with Crippen LogP contribution in [0.1, 0.15) is 19.7 Å². The number of rotatable bonds is 6. The van der Waals surface area contributed by atoms with E-state index in [4.69, 9.17) is 20.9 Å². The topological polar surface area (TPSA) is 92.9 Å². The van der Waals surface area contributed by atoms with Gasteiger partial charge in [-0.3, -0.25) is 9.79 Å². The molecule has 1 aliphatic rings. The SMILES string of the molecule is CCNC(=NCCc1nc(-c2ccc(Cl)cc2)no1)N1CC(C)C(C(=O)OC)C1.I. The molecule has 0 bridgehead atoms. The van der Waals surface area contributed by atoms with Gasteiger partial charge in [0.15, 0.2) is 5.96 Å². The molecule has 3 rings (SSSR count). The summed E-state index contributed by atoms with van der Waals surface area (Å²) in [6, 6.07) is 7.28. The van der Waals surface area contributed by atoms with Gasteiger partial charge in [-0.2, -0.15) is 4.98 Å². The van der Waals surface area contributed by atoms with E-state index in [1.54, 1.807) is 12.1 Å². The Bertz CT molecular complexity index is 858. The molecule has 0 radical (unpaired) electrons. The molecule has 1 aliphatic heterocycles. The number of nitrogens with zero attached hydrogens (tertiary/aromatic N) is 4. The molecule has 30 heavy (non-hydrogen) atoms. The quantitative estimate of drug-likeness (QED) is 0.257. The van der Waals surface area contributed by atoms with Crippen molar-refractivity contribution in [1.29, 1.82) is 0 Å². The summed E-state index contributed by atoms with van der Waals surface area (Å²) in [6.45, 7) is 6.67. The van der Waals surface area contributed by atoms with Crippen molar-refractivity contribution in [2.24, 2.45) is 16.8 Å². The van der Waals surface area contributed by atoms with Gasteiger partial charge in [-0.1, -0.05) is 23.7 Å². The van der Waals surface area contributed by atoms with Crippen LogP contribution in [0, 0.1) is 11.8 Å². The summed E-state index contributed by atoms with van der Waals surface area (Å²) in [5.74, 6) is 1.74. The average Bonchev–Trinajstić information content (AvgIpc) is 3.34. The van der Waals surface area contributed by atoms with Crippen LogP contribution < -0.4 is 5.32 Å². The number of hydrogen-bond donors (Lipinski definition) is 1. The first-order chi connectivity index (χ1) is 14.0. The fourth-order valence-electron chi connectivity index (χ4n) is 3.35. The van der Waals surface area contributed by atoms with Gasteiger partial charge in [0, 0.05) is 36.6 Å². The van der Waals surface area contributed by atoms with Crippen molar-refractivity contribution < 1.29 is 14.1 Å². The number of ether oxygens (including phenoxy) is 1. The summed E-state index contributed by atoms with van der Waals surface area (Å²) in [6.07, 6.45) is 0.527. The van der Waals surface area contributed by atoms with E-state index in [1.807, 2.05) is 19.1 Å². The van der Waals surface area contributed by atoms with Crippen LogP contribution in [-0.4, -0.2) is 60.3 Å². The van der Waals surface area contributed by atoms with E-state index in [0.717, 1.165) is 24.6 Å². The van der Waals surface area contributed by atoms with Gasteiger partial charge in [-0.15, -0.1) is 24.0 Å². The first-order valence-corrected chi connectivity index (χ1v) is 10.1. The van der Waals surface area contributed by atoms with Crippen molar-refractivity contribution in [3.05, 3.63) is 35.2 Å². The molecule has 1 aromatic heterocycles. The van der Waals surface area contributed by atoms with Crippen LogP contribution in [0.5, 0.6) is 0 Å². The number of aromatic nitrogens is 2. The lowest BCUT2D eigenvalue weighted by Crippen LogP contribution is -2.40. The monoisotopic (exact) mass is 547 g/mol. The minimum Gasteiger partial charge on any atom is -0.469 e. The molecule has 0 spiro atoms. The average molecular weight is 548 g/mol. The van der Waals surface area contributed by atoms with Gasteiger partial charge >= 0.3 is 5.97 Å². The summed E-state index contributed by atoms with van der Waals surface area (Å²) in [7, 11) is 1.43. The second-order valence-electron chi connectivity index (χ2n) is 7.02. The maximum Gasteiger partial charge on any atom is 0.310 e. The highest BCUT2D eigenvalue weighted by atomic mass is 127. The third-order valence-electron chi connectivity index (χ3n) is 4.91. The molecule has 164 valence electrons. The largest absolute Gasteiger partial charge is 0.469 e. The van der Waals surface area contributed by atoms with Crippen LogP contribution in [0.3, 0.4) is 0 Å². The third kappa shape index (κ3) is 6.07. The van der Waals surface area contributed by atoms with Crippen molar-refractivity contribution in [1.82, 2.24) is 20.4 Å². The van der Waals surface area contributed by atoms with Gasteiger partial charge in [0.2, 0.25) is 11.7 Å². The molecule has 0 saturated carbocycles. The fraction of sp³-hybridized carbons (Fsp3) is 0.500. The lowest BCUT2D eigenvalue weighted by molar-refractivity contribution is -0.145. The van der Waals surface area contributed by atoms with Gasteiger partial charge in [0.1, 0.15) is 0 Å². The molecule has 1 N–H and O–H groups in total. The first kappa shape index (κ1) is 24.4. The van der Waals surface area contributed by atoms with Crippen molar-refractivity contribution in [3.8, 4) is 11.4 Å². The molecule has 1 fully saturated rings. The summed E-state index contributed by atoms with van der Waals surface area (Å²) in [5, 5.41) is 7.97. The van der Waals surface area contributed by atoms with Crippen LogP contribution in [0.2, 0.25) is 5.02 Å². The molecular weight excluding hydrogens is 521 g/mol. The fourth-order valence-corrected chi connectivity index (χ4v) is 3.48. The number of likely N-dealkylation sites (tertiary alicyclic amines) is 1. The smallest absolute Gasteiger partial charge is 0.310 e. The molecule has 0 amide bonds. The van der Waals surface area contributed by atoms with E-state index >= 15 is 0 Å². The molecule has 2 atom stereocenters. The third-order valence-corrected chi connectivity index (χ3v) is 5.16. The van der Waals surface area contributed by atoms with Gasteiger partial charge in [0.05, 0.1) is 19.6 Å². The number of halogens is 2. The standard InChI is InChI=1S/C20H26ClN5O3.HI/c1-4-22-20(26-11-13(2)16(12-26)19(27)28-3)23-10-9-17-24-18(25-29-17)14-5-7-15(21)8-6-14;/h5-8,13,16H,4,9-12H2,1-3H3,(H,22,23);1H. The summed E-state index contributed by atoms with van der Waals surface area (Å²) in [5.41, 5.74) is 0.848. The Hall–Kier alpha value is -1.88. The Morgan fingerprint density at radius 2 is 2.10 bits per heavy atom. The summed E-state index contributed by atoms with van der Waals surface area (Å²) >= 11 is 5.91. The number of aliphatic imine (C=N–C) groups is 1. The first-order valence-electron chi connectivity index (χ1n) is 9.71. The molecular formula is C20H27ClIN5O3. The number of esters is 1. The molecule has 2 unspecified atom stereocenters. The number of methoxy groups -OCH3 is 1. The normalized spacial score (nSPS) is 18.8. The van der Waals surface area contributed by atoms with Crippen molar-refractivity contribution >= 4 is 47.5 Å². The Balaban J connectivity index is 0.00000320. The van der Waals surface area contributed by atoms with Crippen LogP contribution in [0.15, 0.2) is 33.8 Å². The van der Waals surface area contributed by atoms with Crippen molar-refractivity contribution in [3.63, 3.8) is 0 Å². The van der Waals surface area contributed by atoms with Crippen molar-refractivity contribution in [2.45, 2.75) is 20.3 Å². The second kappa shape index (κ2) is 11.5. The predicted octanol–water partition coefficient (Wildman–Crippen LogP) is 3.26. The lowest BCUT2D eigenvalue weighted by Gasteiger charge is -2.21. The minimum absolute atomic E-state index is 0. The van der Waals surface area contributed by atoms with Crippen molar-refractivity contribution in [2.75, 3.05) is 33.3 Å². The van der Waals surface area contributed by atoms with E-state index in [0.29, 0.717) is 36.2 Å². The molecule has 2 heterocycles. The van der Waals surface area contributed by atoms with Crippen LogP contribution in [0.4, 0.5) is 0 Å². The Labute approximate surface area is 198 Å². The Morgan fingerprint density at radius 3 is 2.77 bits per heavy atom. The number of carbonyl (C=O) groups excluding carboxylic acids is 1. The number of benzene rings is 1. The second-order valence-corrected chi connectivity index (χ2v) is 7.45. The Morgan fingerprint density at radius 1 is 1.37 bits per heavy atom. The van der Waals surface area contributed by atoms with E-state index < -0.39 is 0 Å². The lowest BCUT2D eigenvalue weighted by atomic mass is 9.99. The highest BCUT2D eigenvalue weighted by Gasteiger charge is 2.36. The molecule has 0 aliphatic carbocycles. The van der Waals surface area contributed by atoms with E-state index in [1.165, 1.54) is 7.11 Å². The van der Waals surface area contributed by atoms with E-state index in [9.17, 15) is 4.79 Å². The molecule has 8 nitrogen and oxygen atoms in total. The number of guanidine groups is 1. The predicted molar refractivity (Wildman–Crippen MR) is 126 cm³/mol. The maximum atomic E-state index is 11.9. The molecule has 1 aromatic carbocycles. The summed E-state index contributed by atoms with van der Waals surface area (Å²) < 4.78 is 10.3. The highest BCUT2D eigenvalue weighted by Crippen LogP contribution is 2.24. The van der Waals surface area contributed by atoms with Crippen LogP contribution in [-0.2, 0) is 16.0 Å². The van der Waals surface area contributed by atoms with Gasteiger partial charge < -0.3 is 19.5 Å². The highest BCUT2D eigenvalue weighted by molar-refractivity contribution is 14.0. The summed E-state index contributed by atoms with van der Waals surface area (Å²) in [4.78, 5) is 23.1. The number of hydrogen-bond acceptors (Lipinski definition) is 6. The van der Waals surface area contributed by atoms with Gasteiger partial charge in [0.25, 0.3) is 0 Å². The maximum absolute atomic E-state index is 11.9. The molecule has 1 saturated heterocycles. The molecule has 2 aromatic rings. The Kier molecular flexibility index (Phi) is 9.35. The van der Waals surface area contributed by atoms with Crippen LogP contribution >= 0.6 is 35.6 Å². The zero-order valence-electron chi connectivity index (χ0n) is 17.3. The molecule has 10 heteroatoms. The van der Waals surface area contributed by atoms with E-state index in [2.05, 4.69) is 32.3 Å². The number of carbonyl (C=O) groups is 1. The zero-order chi connectivity index (χ0) is 20.8. The van der Waals surface area contributed by atoms with Gasteiger partial charge in [-0.05, 0) is 37.1 Å². The minimum atomic E-state index is -0.170. The van der Waals surface area contributed by atoms with Crippen LogP contribution in [0.25, 0.3) is 11.4 Å². The van der Waals surface area contributed by atoms with E-state index in [-0.39, 0.29) is 41.8 Å². The zero-order valence-corrected chi connectivity index (χ0v) is 20.4. The van der Waals surface area contributed by atoms with Gasteiger partial charge in [-0.25, -0.2) is 0 Å².